The molecule has 1 aromatic carbocycles. The van der Waals surface area contributed by atoms with Crippen LogP contribution < -0.4 is 10.9 Å². The minimum atomic E-state index is -0.370. The summed E-state index contributed by atoms with van der Waals surface area (Å²) in [6.45, 7) is 2.26. The van der Waals surface area contributed by atoms with Gasteiger partial charge in [-0.2, -0.15) is 5.10 Å². The van der Waals surface area contributed by atoms with E-state index in [-0.39, 0.29) is 35.6 Å². The van der Waals surface area contributed by atoms with Crippen molar-refractivity contribution in [3.8, 4) is 0 Å². The first-order valence-corrected chi connectivity index (χ1v) is 8.66. The number of amides is 1. The fourth-order valence-electron chi connectivity index (χ4n) is 3.26. The maximum Gasteiger partial charge on any atom is 0.271 e. The number of nitrogens with zero attached hydrogens (tertiary/aromatic N) is 2. The lowest BCUT2D eigenvalue weighted by Gasteiger charge is -2.29. The Balaban J connectivity index is 1.76. The standard InChI is InChI=1S/C19H22FN3O2/c1-13-5-2-3-8-16(13)21-19(25)17-9-10-18(24)23(22-17)12-14-6-4-7-15(20)11-14/h4,6-7,9-11,13,16H,2-3,5,8,12H2,1H3,(H,21,25). The molecule has 1 fully saturated rings. The molecular formula is C19H22FN3O2. The van der Waals surface area contributed by atoms with Crippen LogP contribution in [-0.2, 0) is 6.54 Å². The minimum absolute atomic E-state index is 0.123. The highest BCUT2D eigenvalue weighted by Gasteiger charge is 2.23. The van der Waals surface area contributed by atoms with Gasteiger partial charge in [0.15, 0.2) is 0 Å². The molecule has 0 aliphatic heterocycles. The van der Waals surface area contributed by atoms with Gasteiger partial charge in [-0.15, -0.1) is 0 Å². The van der Waals surface area contributed by atoms with Gasteiger partial charge in [-0.3, -0.25) is 9.59 Å². The third kappa shape index (κ3) is 4.32. The van der Waals surface area contributed by atoms with E-state index in [1.165, 1.54) is 35.4 Å². The highest BCUT2D eigenvalue weighted by molar-refractivity contribution is 5.92. The van der Waals surface area contributed by atoms with Gasteiger partial charge in [-0.1, -0.05) is 31.9 Å². The summed E-state index contributed by atoms with van der Waals surface area (Å²) >= 11 is 0. The van der Waals surface area contributed by atoms with Gasteiger partial charge < -0.3 is 5.32 Å². The Bertz CT molecular complexity index is 818. The maximum atomic E-state index is 13.3. The summed E-state index contributed by atoms with van der Waals surface area (Å²) in [5.41, 5.74) is 0.494. The molecule has 2 atom stereocenters. The Hall–Kier alpha value is -2.50. The fourth-order valence-corrected chi connectivity index (χ4v) is 3.26. The lowest BCUT2D eigenvalue weighted by molar-refractivity contribution is 0.0902. The average molecular weight is 343 g/mol. The number of carbonyl (C=O) groups excluding carboxylic acids is 1. The molecule has 2 aromatic rings. The molecule has 0 bridgehead atoms. The Kier molecular flexibility index (Phi) is 5.26. The van der Waals surface area contributed by atoms with Gasteiger partial charge in [0.05, 0.1) is 6.54 Å². The van der Waals surface area contributed by atoms with Gasteiger partial charge >= 0.3 is 0 Å². The van der Waals surface area contributed by atoms with Crippen LogP contribution in [0.2, 0.25) is 0 Å². The van der Waals surface area contributed by atoms with Crippen LogP contribution in [0, 0.1) is 11.7 Å². The SMILES string of the molecule is CC1CCCCC1NC(=O)c1ccc(=O)n(Cc2cccc(F)c2)n1. The number of benzene rings is 1. The van der Waals surface area contributed by atoms with E-state index in [4.69, 9.17) is 0 Å². The van der Waals surface area contributed by atoms with Crippen LogP contribution in [0.1, 0.15) is 48.7 Å². The molecule has 25 heavy (non-hydrogen) atoms. The molecule has 6 heteroatoms. The Labute approximate surface area is 145 Å². The monoisotopic (exact) mass is 343 g/mol. The van der Waals surface area contributed by atoms with Gasteiger partial charge in [-0.05, 0) is 42.5 Å². The van der Waals surface area contributed by atoms with Crippen LogP contribution >= 0.6 is 0 Å². The first kappa shape index (κ1) is 17.3. The second-order valence-corrected chi connectivity index (χ2v) is 6.69. The summed E-state index contributed by atoms with van der Waals surface area (Å²) in [7, 11) is 0. The molecule has 1 amide bonds. The summed E-state index contributed by atoms with van der Waals surface area (Å²) in [5.74, 6) is -0.201. The number of aromatic nitrogens is 2. The number of nitrogens with one attached hydrogen (secondary N) is 1. The molecule has 1 N–H and O–H groups in total. The summed E-state index contributed by atoms with van der Waals surface area (Å²) < 4.78 is 14.5. The Morgan fingerprint density at radius 1 is 1.28 bits per heavy atom. The van der Waals surface area contributed by atoms with Gasteiger partial charge in [0.25, 0.3) is 11.5 Å². The third-order valence-corrected chi connectivity index (χ3v) is 4.75. The zero-order chi connectivity index (χ0) is 17.8. The van der Waals surface area contributed by atoms with Crippen LogP contribution in [0.15, 0.2) is 41.2 Å². The highest BCUT2D eigenvalue weighted by Crippen LogP contribution is 2.23. The molecule has 5 nitrogen and oxygen atoms in total. The van der Waals surface area contributed by atoms with Crippen molar-refractivity contribution in [3.05, 3.63) is 63.8 Å². The highest BCUT2D eigenvalue weighted by atomic mass is 19.1. The number of hydrogen-bond acceptors (Lipinski definition) is 3. The zero-order valence-corrected chi connectivity index (χ0v) is 14.2. The van der Waals surface area contributed by atoms with E-state index in [0.717, 1.165) is 19.3 Å². The molecule has 3 rings (SSSR count). The van der Waals surface area contributed by atoms with Crippen LogP contribution in [0.3, 0.4) is 0 Å². The summed E-state index contributed by atoms with van der Waals surface area (Å²) in [4.78, 5) is 24.5. The topological polar surface area (TPSA) is 64.0 Å². The van der Waals surface area contributed by atoms with Crippen molar-refractivity contribution in [1.82, 2.24) is 15.1 Å². The van der Waals surface area contributed by atoms with Crippen molar-refractivity contribution >= 4 is 5.91 Å². The maximum absolute atomic E-state index is 13.3. The molecule has 132 valence electrons. The van der Waals surface area contributed by atoms with Crippen molar-refractivity contribution in [1.29, 1.82) is 0 Å². The third-order valence-electron chi connectivity index (χ3n) is 4.75. The van der Waals surface area contributed by atoms with Crippen LogP contribution in [0.25, 0.3) is 0 Å². The lowest BCUT2D eigenvalue weighted by Crippen LogP contribution is -2.42. The smallest absolute Gasteiger partial charge is 0.271 e. The first-order valence-electron chi connectivity index (χ1n) is 8.66. The molecular weight excluding hydrogens is 321 g/mol. The van der Waals surface area contributed by atoms with E-state index in [0.29, 0.717) is 11.5 Å². The van der Waals surface area contributed by atoms with Crippen molar-refractivity contribution in [3.63, 3.8) is 0 Å². The van der Waals surface area contributed by atoms with E-state index in [9.17, 15) is 14.0 Å². The first-order chi connectivity index (χ1) is 12.0. The minimum Gasteiger partial charge on any atom is -0.348 e. The van der Waals surface area contributed by atoms with Gasteiger partial charge in [0, 0.05) is 12.1 Å². The molecule has 0 saturated heterocycles. The summed E-state index contributed by atoms with van der Waals surface area (Å²) in [6.07, 6.45) is 4.39. The van der Waals surface area contributed by atoms with E-state index in [1.807, 2.05) is 0 Å². The van der Waals surface area contributed by atoms with Crippen molar-refractivity contribution in [2.75, 3.05) is 0 Å². The van der Waals surface area contributed by atoms with E-state index < -0.39 is 0 Å². The van der Waals surface area contributed by atoms with Gasteiger partial charge in [0.1, 0.15) is 11.5 Å². The Morgan fingerprint density at radius 3 is 2.84 bits per heavy atom. The average Bonchev–Trinajstić information content (AvgIpc) is 2.59. The molecule has 1 heterocycles. The summed E-state index contributed by atoms with van der Waals surface area (Å²) in [5, 5.41) is 7.19. The van der Waals surface area contributed by atoms with Gasteiger partial charge in [0.2, 0.25) is 0 Å². The normalized spacial score (nSPS) is 20.2. The van der Waals surface area contributed by atoms with Crippen LogP contribution in [-0.4, -0.2) is 21.7 Å². The molecule has 0 spiro atoms. The molecule has 2 unspecified atom stereocenters. The molecule has 1 aliphatic rings. The quantitative estimate of drug-likeness (QED) is 0.928. The molecule has 1 aliphatic carbocycles. The fraction of sp³-hybridized carbons (Fsp3) is 0.421. The lowest BCUT2D eigenvalue weighted by atomic mass is 9.86. The predicted molar refractivity (Wildman–Crippen MR) is 92.9 cm³/mol. The van der Waals surface area contributed by atoms with Crippen molar-refractivity contribution in [2.24, 2.45) is 5.92 Å². The number of hydrogen-bond donors (Lipinski definition) is 1. The largest absolute Gasteiger partial charge is 0.348 e. The Morgan fingerprint density at radius 2 is 2.08 bits per heavy atom. The predicted octanol–water partition coefficient (Wildman–Crippen LogP) is 2.74. The summed E-state index contributed by atoms with van der Waals surface area (Å²) in [6, 6.07) is 8.90. The zero-order valence-electron chi connectivity index (χ0n) is 14.2. The molecule has 1 saturated carbocycles. The number of halogens is 1. The van der Waals surface area contributed by atoms with Gasteiger partial charge in [-0.25, -0.2) is 9.07 Å². The molecule has 0 radical (unpaired) electrons. The van der Waals surface area contributed by atoms with Crippen molar-refractivity contribution < 1.29 is 9.18 Å². The second kappa shape index (κ2) is 7.59. The van der Waals surface area contributed by atoms with Crippen LogP contribution in [0.5, 0.6) is 0 Å². The number of rotatable bonds is 4. The number of carbonyl (C=O) groups is 1. The second-order valence-electron chi connectivity index (χ2n) is 6.69. The molecule has 1 aromatic heterocycles. The van der Waals surface area contributed by atoms with Crippen molar-refractivity contribution in [2.45, 2.75) is 45.2 Å². The van der Waals surface area contributed by atoms with Crippen LogP contribution in [0.4, 0.5) is 4.39 Å². The van der Waals surface area contributed by atoms with E-state index >= 15 is 0 Å². The van der Waals surface area contributed by atoms with E-state index in [2.05, 4.69) is 17.3 Å². The van der Waals surface area contributed by atoms with E-state index in [1.54, 1.807) is 12.1 Å².